The molecule has 1 fully saturated rings. The van der Waals surface area contributed by atoms with Crippen molar-refractivity contribution < 1.29 is 9.59 Å². The molecule has 5 nitrogen and oxygen atoms in total. The standard InChI is InChI=1S/C18H27N3O2S/c1-13(16(23)21-10-6-5-7-11-21)20-15(22)9-8-14-12-19-17(24-14)18(2,3)4/h8-9,12-13H,5-7,10-11H2,1-4H3,(H,20,22)/b9-8+/t13-/m0/s1. The van der Waals surface area contributed by atoms with E-state index < -0.39 is 6.04 Å². The molecule has 1 saturated heterocycles. The van der Waals surface area contributed by atoms with Crippen molar-refractivity contribution in [2.24, 2.45) is 0 Å². The van der Waals surface area contributed by atoms with Crippen LogP contribution in [0.3, 0.4) is 0 Å². The van der Waals surface area contributed by atoms with Crippen LogP contribution >= 0.6 is 11.3 Å². The lowest BCUT2D eigenvalue weighted by molar-refractivity contribution is -0.135. The van der Waals surface area contributed by atoms with E-state index in [0.29, 0.717) is 0 Å². The summed E-state index contributed by atoms with van der Waals surface area (Å²) in [7, 11) is 0. The summed E-state index contributed by atoms with van der Waals surface area (Å²) in [5, 5.41) is 3.79. The van der Waals surface area contributed by atoms with Crippen LogP contribution in [0.1, 0.15) is 56.8 Å². The van der Waals surface area contributed by atoms with Crippen molar-refractivity contribution in [2.75, 3.05) is 13.1 Å². The Hall–Kier alpha value is -1.69. The lowest BCUT2D eigenvalue weighted by atomic mass is 9.98. The average Bonchev–Trinajstić information content (AvgIpc) is 3.02. The van der Waals surface area contributed by atoms with Crippen LogP contribution < -0.4 is 5.32 Å². The van der Waals surface area contributed by atoms with E-state index in [4.69, 9.17) is 0 Å². The third-order valence-corrected chi connectivity index (χ3v) is 5.35. The van der Waals surface area contributed by atoms with Gasteiger partial charge in [-0.1, -0.05) is 20.8 Å². The molecule has 1 aromatic heterocycles. The van der Waals surface area contributed by atoms with Gasteiger partial charge < -0.3 is 10.2 Å². The number of hydrogen-bond acceptors (Lipinski definition) is 4. The third kappa shape index (κ3) is 5.16. The van der Waals surface area contributed by atoms with E-state index in [1.165, 1.54) is 12.5 Å². The SMILES string of the molecule is C[C@H](NC(=O)/C=C/c1cnc(C(C)(C)C)s1)C(=O)N1CCCCC1. The van der Waals surface area contributed by atoms with Gasteiger partial charge in [0.05, 0.1) is 5.01 Å². The Bertz CT molecular complexity index is 610. The van der Waals surface area contributed by atoms with Crippen LogP contribution in [0.5, 0.6) is 0 Å². The van der Waals surface area contributed by atoms with Gasteiger partial charge in [-0.3, -0.25) is 9.59 Å². The Morgan fingerprint density at radius 3 is 2.54 bits per heavy atom. The molecule has 2 heterocycles. The van der Waals surface area contributed by atoms with E-state index in [1.807, 2.05) is 4.90 Å². The summed E-state index contributed by atoms with van der Waals surface area (Å²) in [6.45, 7) is 9.67. The quantitative estimate of drug-likeness (QED) is 0.850. The van der Waals surface area contributed by atoms with Crippen LogP contribution in [-0.4, -0.2) is 40.8 Å². The lowest BCUT2D eigenvalue weighted by Gasteiger charge is -2.29. The van der Waals surface area contributed by atoms with Gasteiger partial charge in [-0.05, 0) is 32.3 Å². The van der Waals surface area contributed by atoms with Gasteiger partial charge in [0.1, 0.15) is 6.04 Å². The van der Waals surface area contributed by atoms with E-state index in [2.05, 4.69) is 31.1 Å². The Morgan fingerprint density at radius 2 is 1.96 bits per heavy atom. The first kappa shape index (κ1) is 18.6. The predicted octanol–water partition coefficient (Wildman–Crippen LogP) is 2.97. The molecule has 0 spiro atoms. The molecule has 2 rings (SSSR count). The lowest BCUT2D eigenvalue weighted by Crippen LogP contribution is -2.48. The van der Waals surface area contributed by atoms with Gasteiger partial charge in [0.15, 0.2) is 0 Å². The fourth-order valence-electron chi connectivity index (χ4n) is 2.58. The normalized spacial score (nSPS) is 17.1. The number of rotatable bonds is 4. The molecule has 0 radical (unpaired) electrons. The molecule has 0 aliphatic carbocycles. The number of amides is 2. The topological polar surface area (TPSA) is 62.3 Å². The highest BCUT2D eigenvalue weighted by Crippen LogP contribution is 2.27. The van der Waals surface area contributed by atoms with Gasteiger partial charge in [-0.15, -0.1) is 11.3 Å². The minimum atomic E-state index is -0.494. The summed E-state index contributed by atoms with van der Waals surface area (Å²) >= 11 is 1.58. The van der Waals surface area contributed by atoms with Gasteiger partial charge in [0.2, 0.25) is 11.8 Å². The molecule has 1 aromatic rings. The molecule has 0 unspecified atom stereocenters. The number of hydrogen-bond donors (Lipinski definition) is 1. The third-order valence-electron chi connectivity index (χ3n) is 3.96. The summed E-state index contributed by atoms with van der Waals surface area (Å²) in [5.41, 5.74) is 0.00832. The zero-order chi connectivity index (χ0) is 17.7. The average molecular weight is 350 g/mol. The van der Waals surface area contributed by atoms with Crippen molar-refractivity contribution in [1.29, 1.82) is 0 Å². The number of thiazole rings is 1. The van der Waals surface area contributed by atoms with Crippen molar-refractivity contribution in [1.82, 2.24) is 15.2 Å². The molecule has 1 aliphatic rings. The molecule has 2 amide bonds. The van der Waals surface area contributed by atoms with E-state index in [9.17, 15) is 9.59 Å². The zero-order valence-electron chi connectivity index (χ0n) is 15.0. The van der Waals surface area contributed by atoms with Crippen LogP contribution in [-0.2, 0) is 15.0 Å². The minimum absolute atomic E-state index is 0.00394. The van der Waals surface area contributed by atoms with Crippen LogP contribution in [0.2, 0.25) is 0 Å². The summed E-state index contributed by atoms with van der Waals surface area (Å²) in [6, 6.07) is -0.494. The fourth-order valence-corrected chi connectivity index (χ4v) is 3.46. The first-order valence-corrected chi connectivity index (χ1v) is 9.32. The highest BCUT2D eigenvalue weighted by Gasteiger charge is 2.22. The first-order chi connectivity index (χ1) is 11.3. The molecule has 6 heteroatoms. The molecular formula is C18H27N3O2S. The molecule has 0 saturated carbocycles. The van der Waals surface area contributed by atoms with Crippen LogP contribution in [0.25, 0.3) is 6.08 Å². The Kier molecular flexibility index (Phi) is 6.15. The van der Waals surface area contributed by atoms with E-state index >= 15 is 0 Å². The Morgan fingerprint density at radius 1 is 1.29 bits per heavy atom. The predicted molar refractivity (Wildman–Crippen MR) is 97.9 cm³/mol. The second-order valence-electron chi connectivity index (χ2n) is 7.27. The maximum atomic E-state index is 12.3. The van der Waals surface area contributed by atoms with Crippen LogP contribution in [0.4, 0.5) is 0 Å². The molecule has 132 valence electrons. The number of nitrogens with one attached hydrogen (secondary N) is 1. The minimum Gasteiger partial charge on any atom is -0.341 e. The smallest absolute Gasteiger partial charge is 0.244 e. The van der Waals surface area contributed by atoms with E-state index in [1.54, 1.807) is 30.5 Å². The van der Waals surface area contributed by atoms with E-state index in [0.717, 1.165) is 35.8 Å². The summed E-state index contributed by atoms with van der Waals surface area (Å²) < 4.78 is 0. The second-order valence-corrected chi connectivity index (χ2v) is 8.33. The number of likely N-dealkylation sites (tertiary alicyclic amines) is 1. The molecular weight excluding hydrogens is 322 g/mol. The van der Waals surface area contributed by atoms with Crippen LogP contribution in [0.15, 0.2) is 12.3 Å². The molecule has 1 N–H and O–H groups in total. The van der Waals surface area contributed by atoms with Gasteiger partial charge >= 0.3 is 0 Å². The molecule has 1 aliphatic heterocycles. The van der Waals surface area contributed by atoms with Crippen molar-refractivity contribution in [3.05, 3.63) is 22.2 Å². The largest absolute Gasteiger partial charge is 0.341 e. The highest BCUT2D eigenvalue weighted by atomic mass is 32.1. The highest BCUT2D eigenvalue weighted by molar-refractivity contribution is 7.12. The van der Waals surface area contributed by atoms with E-state index in [-0.39, 0.29) is 17.2 Å². The zero-order valence-corrected chi connectivity index (χ0v) is 15.8. The summed E-state index contributed by atoms with van der Waals surface area (Å²) in [4.78, 5) is 31.5. The maximum Gasteiger partial charge on any atom is 0.244 e. The monoisotopic (exact) mass is 349 g/mol. The van der Waals surface area contributed by atoms with Gasteiger partial charge in [0, 0.05) is 35.7 Å². The molecule has 0 aromatic carbocycles. The molecule has 1 atom stereocenters. The Labute approximate surface area is 148 Å². The summed E-state index contributed by atoms with van der Waals surface area (Å²) in [5.74, 6) is -0.247. The number of carbonyl (C=O) groups excluding carboxylic acids is 2. The van der Waals surface area contributed by atoms with Crippen molar-refractivity contribution in [3.8, 4) is 0 Å². The molecule has 0 bridgehead atoms. The number of piperidine rings is 1. The van der Waals surface area contributed by atoms with Crippen LogP contribution in [0, 0.1) is 0 Å². The fraction of sp³-hybridized carbons (Fsp3) is 0.611. The number of aromatic nitrogens is 1. The summed E-state index contributed by atoms with van der Waals surface area (Å²) in [6.07, 6.45) is 8.28. The van der Waals surface area contributed by atoms with Crippen molar-refractivity contribution in [2.45, 2.75) is 58.4 Å². The van der Waals surface area contributed by atoms with Crippen molar-refractivity contribution >= 4 is 29.2 Å². The number of carbonyl (C=O) groups is 2. The number of nitrogens with zero attached hydrogens (tertiary/aromatic N) is 2. The van der Waals surface area contributed by atoms with Crippen molar-refractivity contribution in [3.63, 3.8) is 0 Å². The van der Waals surface area contributed by atoms with Gasteiger partial charge in [-0.25, -0.2) is 4.98 Å². The first-order valence-electron chi connectivity index (χ1n) is 8.51. The maximum absolute atomic E-state index is 12.3. The molecule has 24 heavy (non-hydrogen) atoms. The van der Waals surface area contributed by atoms with Gasteiger partial charge in [-0.2, -0.15) is 0 Å². The van der Waals surface area contributed by atoms with Gasteiger partial charge in [0.25, 0.3) is 0 Å². The Balaban J connectivity index is 1.87. The second kappa shape index (κ2) is 7.92.